The molecule has 0 aliphatic carbocycles. The van der Waals surface area contributed by atoms with Crippen molar-refractivity contribution < 1.29 is 0 Å². The predicted molar refractivity (Wildman–Crippen MR) is 86.9 cm³/mol. The van der Waals surface area contributed by atoms with E-state index in [9.17, 15) is 0 Å². The van der Waals surface area contributed by atoms with Crippen LogP contribution in [0.1, 0.15) is 38.7 Å². The number of nitrogens with two attached hydrogens (primary N) is 1. The van der Waals surface area contributed by atoms with Crippen molar-refractivity contribution in [2.45, 2.75) is 33.1 Å². The van der Waals surface area contributed by atoms with Gasteiger partial charge in [-0.25, -0.2) is 0 Å². The summed E-state index contributed by atoms with van der Waals surface area (Å²) in [5, 5.41) is 8.16. The minimum Gasteiger partial charge on any atom is -0.384 e. The fraction of sp³-hybridized carbons (Fsp3) is 0.562. The van der Waals surface area contributed by atoms with Crippen molar-refractivity contribution in [2.75, 3.05) is 18.0 Å². The summed E-state index contributed by atoms with van der Waals surface area (Å²) in [6, 6.07) is 5.67. The minimum absolute atomic E-state index is 0.0641. The lowest BCUT2D eigenvalue weighted by Gasteiger charge is -2.25. The Morgan fingerprint density at radius 1 is 1.35 bits per heavy atom. The Balaban J connectivity index is 2.13. The van der Waals surface area contributed by atoms with Crippen molar-refractivity contribution in [2.24, 2.45) is 17.6 Å². The normalized spacial score (nSPS) is 20.0. The molecule has 20 heavy (non-hydrogen) atoms. The molecule has 1 fully saturated rings. The molecule has 0 amide bonds. The lowest BCUT2D eigenvalue weighted by Crippen LogP contribution is -2.25. The Morgan fingerprint density at radius 2 is 2.10 bits per heavy atom. The van der Waals surface area contributed by atoms with Crippen LogP contribution in [0.4, 0.5) is 5.69 Å². The maximum Gasteiger partial charge on any atom is 0.122 e. The first-order valence-electron chi connectivity index (χ1n) is 7.38. The maximum absolute atomic E-state index is 7.46. The van der Waals surface area contributed by atoms with Gasteiger partial charge in [-0.15, -0.1) is 0 Å². The molecule has 0 radical (unpaired) electrons. The van der Waals surface area contributed by atoms with Crippen molar-refractivity contribution in [3.05, 3.63) is 28.8 Å². The van der Waals surface area contributed by atoms with Crippen LogP contribution in [-0.2, 0) is 0 Å². The first-order valence-corrected chi connectivity index (χ1v) is 7.75. The molecule has 1 heterocycles. The maximum atomic E-state index is 7.46. The number of amidine groups is 1. The number of rotatable bonds is 3. The first kappa shape index (κ1) is 15.2. The molecule has 2 rings (SSSR count). The number of halogens is 1. The first-order chi connectivity index (χ1) is 9.49. The summed E-state index contributed by atoms with van der Waals surface area (Å²) in [5.74, 6) is 1.63. The van der Waals surface area contributed by atoms with Gasteiger partial charge in [-0.1, -0.05) is 25.4 Å². The van der Waals surface area contributed by atoms with E-state index in [4.69, 9.17) is 22.7 Å². The summed E-state index contributed by atoms with van der Waals surface area (Å²) in [7, 11) is 0. The summed E-state index contributed by atoms with van der Waals surface area (Å²) in [6.45, 7) is 6.74. The van der Waals surface area contributed by atoms with Crippen LogP contribution in [0.25, 0.3) is 0 Å². The molecule has 3 nitrogen and oxygen atoms in total. The van der Waals surface area contributed by atoms with E-state index in [2.05, 4.69) is 18.7 Å². The fourth-order valence-corrected chi connectivity index (χ4v) is 3.26. The Morgan fingerprint density at radius 3 is 2.70 bits per heavy atom. The molecular weight excluding hydrogens is 270 g/mol. The topological polar surface area (TPSA) is 53.1 Å². The molecule has 1 aromatic carbocycles. The van der Waals surface area contributed by atoms with Gasteiger partial charge in [-0.3, -0.25) is 5.41 Å². The Kier molecular flexibility index (Phi) is 4.92. The van der Waals surface area contributed by atoms with Crippen LogP contribution in [-0.4, -0.2) is 18.9 Å². The van der Waals surface area contributed by atoms with Crippen molar-refractivity contribution in [1.82, 2.24) is 0 Å². The molecular formula is C16H24ClN3. The number of benzene rings is 1. The van der Waals surface area contributed by atoms with Crippen LogP contribution in [0.3, 0.4) is 0 Å². The minimum atomic E-state index is 0.0641. The predicted octanol–water partition coefficient (Wildman–Crippen LogP) is 3.89. The SMILES string of the molecule is CC(C)C1CCCN(c2ccc(C(=N)N)cc2Cl)CC1. The molecule has 0 aromatic heterocycles. The van der Waals surface area contributed by atoms with Crippen LogP contribution in [0.5, 0.6) is 0 Å². The summed E-state index contributed by atoms with van der Waals surface area (Å²) in [6.07, 6.45) is 3.74. The van der Waals surface area contributed by atoms with E-state index in [0.29, 0.717) is 10.6 Å². The van der Waals surface area contributed by atoms with Crippen molar-refractivity contribution in [3.63, 3.8) is 0 Å². The molecule has 1 unspecified atom stereocenters. The van der Waals surface area contributed by atoms with Gasteiger partial charge in [-0.05, 0) is 49.3 Å². The largest absolute Gasteiger partial charge is 0.384 e. The average Bonchev–Trinajstić information content (AvgIpc) is 2.64. The molecule has 110 valence electrons. The summed E-state index contributed by atoms with van der Waals surface area (Å²) in [5.41, 5.74) is 7.26. The lowest BCUT2D eigenvalue weighted by molar-refractivity contribution is 0.351. The number of nitrogens with zero attached hydrogens (tertiary/aromatic N) is 1. The van der Waals surface area contributed by atoms with Gasteiger partial charge in [0.2, 0.25) is 0 Å². The highest BCUT2D eigenvalue weighted by atomic mass is 35.5. The number of nitrogens with one attached hydrogen (secondary N) is 1. The Hall–Kier alpha value is -1.22. The second-order valence-corrected chi connectivity index (χ2v) is 6.41. The molecule has 1 atom stereocenters. The molecule has 0 saturated carbocycles. The number of nitrogen functional groups attached to an aromatic ring is 1. The van der Waals surface area contributed by atoms with Crippen LogP contribution >= 0.6 is 11.6 Å². The average molecular weight is 294 g/mol. The molecule has 1 aliphatic rings. The number of anilines is 1. The Labute approximate surface area is 126 Å². The molecule has 0 bridgehead atoms. The third kappa shape index (κ3) is 3.45. The lowest BCUT2D eigenvalue weighted by atomic mass is 9.89. The Bertz CT molecular complexity index is 485. The van der Waals surface area contributed by atoms with E-state index >= 15 is 0 Å². The zero-order valence-corrected chi connectivity index (χ0v) is 13.1. The fourth-order valence-electron chi connectivity index (χ4n) is 2.96. The third-order valence-corrected chi connectivity index (χ3v) is 4.62. The van der Waals surface area contributed by atoms with E-state index in [1.54, 1.807) is 6.07 Å². The second-order valence-electron chi connectivity index (χ2n) is 6.00. The molecule has 1 aliphatic heterocycles. The van der Waals surface area contributed by atoms with Gasteiger partial charge in [0.05, 0.1) is 10.7 Å². The standard InChI is InChI=1S/C16H24ClN3/c1-11(2)12-4-3-8-20(9-7-12)15-6-5-13(16(18)19)10-14(15)17/h5-6,10-12H,3-4,7-9H2,1-2H3,(H3,18,19). The van der Waals surface area contributed by atoms with Crippen LogP contribution in [0, 0.1) is 17.2 Å². The van der Waals surface area contributed by atoms with Crippen LogP contribution in [0.2, 0.25) is 5.02 Å². The van der Waals surface area contributed by atoms with E-state index in [1.165, 1.54) is 19.3 Å². The van der Waals surface area contributed by atoms with Crippen molar-refractivity contribution in [1.29, 1.82) is 5.41 Å². The van der Waals surface area contributed by atoms with Gasteiger partial charge in [0.25, 0.3) is 0 Å². The summed E-state index contributed by atoms with van der Waals surface area (Å²) >= 11 is 6.37. The van der Waals surface area contributed by atoms with Crippen molar-refractivity contribution in [3.8, 4) is 0 Å². The quantitative estimate of drug-likeness (QED) is 0.656. The summed E-state index contributed by atoms with van der Waals surface area (Å²) in [4.78, 5) is 2.37. The van der Waals surface area contributed by atoms with Crippen LogP contribution in [0.15, 0.2) is 18.2 Å². The van der Waals surface area contributed by atoms with E-state index in [0.717, 1.165) is 30.6 Å². The molecule has 1 saturated heterocycles. The molecule has 1 aromatic rings. The van der Waals surface area contributed by atoms with Gasteiger partial charge < -0.3 is 10.6 Å². The molecule has 3 N–H and O–H groups in total. The van der Waals surface area contributed by atoms with Gasteiger partial charge in [0.15, 0.2) is 0 Å². The summed E-state index contributed by atoms with van der Waals surface area (Å²) < 4.78 is 0. The highest BCUT2D eigenvalue weighted by molar-refractivity contribution is 6.33. The smallest absolute Gasteiger partial charge is 0.122 e. The third-order valence-electron chi connectivity index (χ3n) is 4.31. The zero-order chi connectivity index (χ0) is 14.7. The van der Waals surface area contributed by atoms with Gasteiger partial charge in [-0.2, -0.15) is 0 Å². The highest BCUT2D eigenvalue weighted by Crippen LogP contribution is 2.31. The van der Waals surface area contributed by atoms with E-state index in [-0.39, 0.29) is 5.84 Å². The monoisotopic (exact) mass is 293 g/mol. The van der Waals surface area contributed by atoms with Crippen molar-refractivity contribution >= 4 is 23.1 Å². The van der Waals surface area contributed by atoms with E-state index < -0.39 is 0 Å². The number of hydrogen-bond acceptors (Lipinski definition) is 2. The second kappa shape index (κ2) is 6.49. The van der Waals surface area contributed by atoms with Gasteiger partial charge in [0.1, 0.15) is 5.84 Å². The van der Waals surface area contributed by atoms with Crippen LogP contribution < -0.4 is 10.6 Å². The van der Waals surface area contributed by atoms with Gasteiger partial charge in [0, 0.05) is 18.7 Å². The number of hydrogen-bond donors (Lipinski definition) is 2. The molecule has 4 heteroatoms. The highest BCUT2D eigenvalue weighted by Gasteiger charge is 2.20. The zero-order valence-electron chi connectivity index (χ0n) is 12.3. The van der Waals surface area contributed by atoms with E-state index in [1.807, 2.05) is 12.1 Å². The van der Waals surface area contributed by atoms with Gasteiger partial charge >= 0.3 is 0 Å². The molecule has 0 spiro atoms.